The molecule has 0 aromatic rings. The normalized spacial score (nSPS) is 19.5. The van der Waals surface area contributed by atoms with Gasteiger partial charge in [0.1, 0.15) is 0 Å². The SMILES string of the molecule is C#CC(=O)N1CCC(C)CC1. The monoisotopic (exact) mass is 151 g/mol. The van der Waals surface area contributed by atoms with E-state index in [2.05, 4.69) is 12.8 Å². The van der Waals surface area contributed by atoms with Crippen LogP contribution in [0.5, 0.6) is 0 Å². The van der Waals surface area contributed by atoms with Gasteiger partial charge in [0, 0.05) is 13.1 Å². The number of carbonyl (C=O) groups is 1. The van der Waals surface area contributed by atoms with Crippen molar-refractivity contribution in [2.24, 2.45) is 5.92 Å². The molecule has 2 nitrogen and oxygen atoms in total. The molecular weight excluding hydrogens is 138 g/mol. The lowest BCUT2D eigenvalue weighted by molar-refractivity contribution is -0.126. The second kappa shape index (κ2) is 3.43. The molecule has 0 aromatic heterocycles. The van der Waals surface area contributed by atoms with Crippen molar-refractivity contribution in [2.45, 2.75) is 19.8 Å². The van der Waals surface area contributed by atoms with Crippen molar-refractivity contribution in [3.8, 4) is 12.3 Å². The third-order valence-corrected chi connectivity index (χ3v) is 2.19. The van der Waals surface area contributed by atoms with E-state index in [1.165, 1.54) is 0 Å². The number of nitrogens with zero attached hydrogens (tertiary/aromatic N) is 1. The largest absolute Gasteiger partial charge is 0.332 e. The van der Waals surface area contributed by atoms with Gasteiger partial charge in [0.25, 0.3) is 5.91 Å². The quantitative estimate of drug-likeness (QED) is 0.471. The molecule has 1 aliphatic rings. The predicted octanol–water partition coefficient (Wildman–Crippen LogP) is 0.878. The summed E-state index contributed by atoms with van der Waals surface area (Å²) in [5.41, 5.74) is 0. The van der Waals surface area contributed by atoms with Crippen LogP contribution in [0.1, 0.15) is 19.8 Å². The summed E-state index contributed by atoms with van der Waals surface area (Å²) in [5, 5.41) is 0. The summed E-state index contributed by atoms with van der Waals surface area (Å²) in [6, 6.07) is 0. The van der Waals surface area contributed by atoms with Gasteiger partial charge in [-0.1, -0.05) is 6.92 Å². The zero-order valence-electron chi connectivity index (χ0n) is 6.84. The average Bonchev–Trinajstić information content (AvgIpc) is 2.05. The number of carbonyl (C=O) groups excluding carboxylic acids is 1. The van der Waals surface area contributed by atoms with Crippen molar-refractivity contribution in [3.63, 3.8) is 0 Å². The second-order valence-electron chi connectivity index (χ2n) is 3.12. The average molecular weight is 151 g/mol. The Morgan fingerprint density at radius 1 is 1.55 bits per heavy atom. The van der Waals surface area contributed by atoms with Crippen LogP contribution in [0, 0.1) is 18.3 Å². The number of rotatable bonds is 0. The van der Waals surface area contributed by atoms with Crippen LogP contribution in [0.25, 0.3) is 0 Å². The highest BCUT2D eigenvalue weighted by Crippen LogP contribution is 2.15. The predicted molar refractivity (Wildman–Crippen MR) is 43.8 cm³/mol. The molecule has 0 saturated carbocycles. The van der Waals surface area contributed by atoms with Gasteiger partial charge in [-0.25, -0.2) is 0 Å². The Balaban J connectivity index is 2.40. The molecule has 1 amide bonds. The Morgan fingerprint density at radius 3 is 2.55 bits per heavy atom. The zero-order valence-corrected chi connectivity index (χ0v) is 6.84. The third kappa shape index (κ3) is 1.98. The molecule has 11 heavy (non-hydrogen) atoms. The summed E-state index contributed by atoms with van der Waals surface area (Å²) in [6.45, 7) is 3.88. The molecule has 1 fully saturated rings. The van der Waals surface area contributed by atoms with Crippen LogP contribution in [0.3, 0.4) is 0 Å². The maximum atomic E-state index is 11.0. The van der Waals surface area contributed by atoms with E-state index in [0.29, 0.717) is 0 Å². The van der Waals surface area contributed by atoms with Crippen LogP contribution in [-0.4, -0.2) is 23.9 Å². The topological polar surface area (TPSA) is 20.3 Å². The van der Waals surface area contributed by atoms with Crippen molar-refractivity contribution < 1.29 is 4.79 Å². The highest BCUT2D eigenvalue weighted by atomic mass is 16.2. The van der Waals surface area contributed by atoms with Crippen LogP contribution in [-0.2, 0) is 4.79 Å². The van der Waals surface area contributed by atoms with Crippen molar-refractivity contribution in [1.29, 1.82) is 0 Å². The first-order chi connectivity index (χ1) is 5.24. The minimum Gasteiger partial charge on any atom is -0.332 e. The van der Waals surface area contributed by atoms with Gasteiger partial charge in [-0.15, -0.1) is 6.42 Å². The molecule has 0 aromatic carbocycles. The first-order valence-corrected chi connectivity index (χ1v) is 3.99. The third-order valence-electron chi connectivity index (χ3n) is 2.19. The summed E-state index contributed by atoms with van der Waals surface area (Å²) in [7, 11) is 0. The summed E-state index contributed by atoms with van der Waals surface area (Å²) in [5.74, 6) is 2.73. The summed E-state index contributed by atoms with van der Waals surface area (Å²) >= 11 is 0. The van der Waals surface area contributed by atoms with E-state index in [-0.39, 0.29) is 5.91 Å². The van der Waals surface area contributed by atoms with Crippen LogP contribution in [0.15, 0.2) is 0 Å². The van der Waals surface area contributed by atoms with Crippen LogP contribution < -0.4 is 0 Å². The van der Waals surface area contributed by atoms with Gasteiger partial charge in [-0.05, 0) is 24.7 Å². The Labute approximate surface area is 67.6 Å². The lowest BCUT2D eigenvalue weighted by Gasteiger charge is -2.28. The van der Waals surface area contributed by atoms with Crippen LogP contribution >= 0.6 is 0 Å². The molecule has 60 valence electrons. The molecule has 0 bridgehead atoms. The van der Waals surface area contributed by atoms with Gasteiger partial charge in [0.15, 0.2) is 0 Å². The molecule has 1 rings (SSSR count). The molecular formula is C9H13NO. The number of piperidine rings is 1. The molecule has 1 heterocycles. The highest BCUT2D eigenvalue weighted by Gasteiger charge is 2.18. The van der Waals surface area contributed by atoms with Gasteiger partial charge in [0.2, 0.25) is 0 Å². The smallest absolute Gasteiger partial charge is 0.298 e. The van der Waals surface area contributed by atoms with Gasteiger partial charge in [-0.3, -0.25) is 4.79 Å². The molecule has 2 heteroatoms. The maximum absolute atomic E-state index is 11.0. The van der Waals surface area contributed by atoms with E-state index in [1.54, 1.807) is 4.90 Å². The van der Waals surface area contributed by atoms with Gasteiger partial charge < -0.3 is 4.90 Å². The zero-order chi connectivity index (χ0) is 8.27. The fraction of sp³-hybridized carbons (Fsp3) is 0.667. The van der Waals surface area contributed by atoms with Crippen molar-refractivity contribution in [3.05, 3.63) is 0 Å². The Morgan fingerprint density at radius 2 is 2.09 bits per heavy atom. The lowest BCUT2D eigenvalue weighted by atomic mass is 9.99. The molecule has 0 radical (unpaired) electrons. The minimum atomic E-state index is -0.156. The van der Waals surface area contributed by atoms with E-state index in [9.17, 15) is 4.79 Å². The van der Waals surface area contributed by atoms with E-state index in [1.807, 2.05) is 0 Å². The molecule has 1 saturated heterocycles. The maximum Gasteiger partial charge on any atom is 0.298 e. The fourth-order valence-corrected chi connectivity index (χ4v) is 1.30. The van der Waals surface area contributed by atoms with Crippen molar-refractivity contribution in [2.75, 3.05) is 13.1 Å². The first-order valence-electron chi connectivity index (χ1n) is 3.99. The van der Waals surface area contributed by atoms with Crippen LogP contribution in [0.2, 0.25) is 0 Å². The number of hydrogen-bond acceptors (Lipinski definition) is 1. The number of terminal acetylenes is 1. The molecule has 0 unspecified atom stereocenters. The van der Waals surface area contributed by atoms with Gasteiger partial charge in [-0.2, -0.15) is 0 Å². The molecule has 0 spiro atoms. The Kier molecular flexibility index (Phi) is 2.53. The summed E-state index contributed by atoms with van der Waals surface area (Å²) in [4.78, 5) is 12.7. The second-order valence-corrected chi connectivity index (χ2v) is 3.12. The Bertz CT molecular complexity index is 184. The number of hydrogen-bond donors (Lipinski definition) is 0. The van der Waals surface area contributed by atoms with E-state index < -0.39 is 0 Å². The Hall–Kier alpha value is -0.970. The standard InChI is InChI=1S/C9H13NO/c1-3-9(11)10-6-4-8(2)5-7-10/h1,8H,4-7H2,2H3. The molecule has 0 N–H and O–H groups in total. The van der Waals surface area contributed by atoms with Gasteiger partial charge in [0.05, 0.1) is 0 Å². The molecule has 1 aliphatic heterocycles. The summed E-state index contributed by atoms with van der Waals surface area (Å²) < 4.78 is 0. The van der Waals surface area contributed by atoms with Crippen molar-refractivity contribution in [1.82, 2.24) is 4.90 Å². The van der Waals surface area contributed by atoms with E-state index in [0.717, 1.165) is 31.8 Å². The van der Waals surface area contributed by atoms with Crippen molar-refractivity contribution >= 4 is 5.91 Å². The number of amides is 1. The minimum absolute atomic E-state index is 0.156. The van der Waals surface area contributed by atoms with Gasteiger partial charge >= 0.3 is 0 Å². The fourth-order valence-electron chi connectivity index (χ4n) is 1.30. The summed E-state index contributed by atoms with van der Waals surface area (Å²) in [6.07, 6.45) is 7.18. The molecule has 0 atom stereocenters. The highest BCUT2D eigenvalue weighted by molar-refractivity contribution is 5.92. The van der Waals surface area contributed by atoms with E-state index in [4.69, 9.17) is 6.42 Å². The molecule has 0 aliphatic carbocycles. The van der Waals surface area contributed by atoms with Crippen LogP contribution in [0.4, 0.5) is 0 Å². The first kappa shape index (κ1) is 8.13. The lowest BCUT2D eigenvalue weighted by Crippen LogP contribution is -2.36. The number of likely N-dealkylation sites (tertiary alicyclic amines) is 1. The van der Waals surface area contributed by atoms with E-state index >= 15 is 0 Å².